The van der Waals surface area contributed by atoms with Gasteiger partial charge in [0.2, 0.25) is 5.91 Å². The maximum atomic E-state index is 13.9. The number of benzene rings is 2. The summed E-state index contributed by atoms with van der Waals surface area (Å²) in [7, 11) is 1.75. The molecule has 0 saturated carbocycles. The van der Waals surface area contributed by atoms with Crippen molar-refractivity contribution in [2.45, 2.75) is 13.0 Å². The van der Waals surface area contributed by atoms with E-state index < -0.39 is 0 Å². The second kappa shape index (κ2) is 8.79. The van der Waals surface area contributed by atoms with Crippen LogP contribution in [0.4, 0.5) is 4.39 Å². The number of likely N-dealkylation sites (N-methyl/N-ethyl adjacent to an activating group) is 1. The summed E-state index contributed by atoms with van der Waals surface area (Å²) in [6, 6.07) is 17.4. The Morgan fingerprint density at radius 3 is 2.61 bits per heavy atom. The second-order valence-corrected chi connectivity index (χ2v) is 7.07. The van der Waals surface area contributed by atoms with Crippen LogP contribution in [0.5, 0.6) is 0 Å². The van der Waals surface area contributed by atoms with Crippen molar-refractivity contribution in [3.8, 4) is 17.0 Å². The predicted molar refractivity (Wildman–Crippen MR) is 116 cm³/mol. The van der Waals surface area contributed by atoms with Crippen molar-refractivity contribution >= 4 is 12.0 Å². The van der Waals surface area contributed by atoms with Gasteiger partial charge in [-0.1, -0.05) is 24.3 Å². The molecule has 0 N–H and O–H groups in total. The molecule has 1 amide bonds. The number of furan rings is 1. The van der Waals surface area contributed by atoms with E-state index in [9.17, 15) is 9.18 Å². The molecule has 1 atom stereocenters. The van der Waals surface area contributed by atoms with Gasteiger partial charge in [0.15, 0.2) is 0 Å². The highest BCUT2D eigenvalue weighted by molar-refractivity contribution is 5.91. The summed E-state index contributed by atoms with van der Waals surface area (Å²) in [6.45, 7) is 1.96. The largest absolute Gasteiger partial charge is 0.457 e. The zero-order valence-corrected chi connectivity index (χ0v) is 17.1. The van der Waals surface area contributed by atoms with Gasteiger partial charge in [0.1, 0.15) is 30.0 Å². The highest BCUT2D eigenvalue weighted by Crippen LogP contribution is 2.25. The molecule has 31 heavy (non-hydrogen) atoms. The van der Waals surface area contributed by atoms with E-state index in [1.807, 2.05) is 31.2 Å². The van der Waals surface area contributed by atoms with Gasteiger partial charge in [-0.3, -0.25) is 4.79 Å². The minimum Gasteiger partial charge on any atom is -0.457 e. The van der Waals surface area contributed by atoms with Crippen LogP contribution in [0.2, 0.25) is 0 Å². The number of carbonyl (C=O) groups excluding carboxylic acids is 1. The Hall–Kier alpha value is -4.00. The number of amides is 1. The van der Waals surface area contributed by atoms with E-state index in [4.69, 9.17) is 4.42 Å². The minimum absolute atomic E-state index is 0.132. The molecule has 0 fully saturated rings. The number of nitrogens with zero attached hydrogens (tertiary/aromatic N) is 4. The van der Waals surface area contributed by atoms with Crippen LogP contribution in [0.25, 0.3) is 23.1 Å². The van der Waals surface area contributed by atoms with Crippen LogP contribution >= 0.6 is 0 Å². The lowest BCUT2D eigenvalue weighted by Crippen LogP contribution is -2.27. The topological polar surface area (TPSA) is 64.2 Å². The van der Waals surface area contributed by atoms with E-state index in [1.54, 1.807) is 59.4 Å². The second-order valence-electron chi connectivity index (χ2n) is 7.07. The van der Waals surface area contributed by atoms with Crippen molar-refractivity contribution in [2.24, 2.45) is 0 Å². The molecule has 6 nitrogen and oxygen atoms in total. The van der Waals surface area contributed by atoms with Crippen molar-refractivity contribution in [3.63, 3.8) is 0 Å². The average Bonchev–Trinajstić information content (AvgIpc) is 3.49. The highest BCUT2D eigenvalue weighted by Gasteiger charge is 2.16. The van der Waals surface area contributed by atoms with Crippen molar-refractivity contribution in [3.05, 3.63) is 96.5 Å². The summed E-state index contributed by atoms with van der Waals surface area (Å²) in [5.74, 6) is 0.368. The zero-order chi connectivity index (χ0) is 21.8. The van der Waals surface area contributed by atoms with Crippen molar-refractivity contribution in [2.75, 3.05) is 7.05 Å². The summed E-state index contributed by atoms with van der Waals surface area (Å²) in [4.78, 5) is 18.2. The molecule has 2 aromatic heterocycles. The van der Waals surface area contributed by atoms with E-state index in [0.717, 1.165) is 11.3 Å². The summed E-state index contributed by atoms with van der Waals surface area (Å²) in [5.41, 5.74) is 2.27. The summed E-state index contributed by atoms with van der Waals surface area (Å²) < 4.78 is 21.2. The number of hydrogen-bond acceptors (Lipinski definition) is 4. The zero-order valence-electron chi connectivity index (χ0n) is 17.1. The molecule has 7 heteroatoms. The quantitative estimate of drug-likeness (QED) is 0.420. The number of aromatic nitrogens is 3. The molecule has 4 rings (SSSR count). The van der Waals surface area contributed by atoms with Gasteiger partial charge in [-0.15, -0.1) is 0 Å². The lowest BCUT2D eigenvalue weighted by atomic mass is 10.1. The molecule has 0 aliphatic heterocycles. The lowest BCUT2D eigenvalue weighted by Gasteiger charge is -2.24. The standard InChI is InChI=1S/C24H21FN4O2/c1-17(18-7-9-19(10-8-18)29-16-26-15-27-29)28(2)24(30)14-12-20-11-13-23(31-20)21-5-3-4-6-22(21)25/h3-17H,1-2H3/b14-12+/t17-/m1/s1. The molecule has 0 bridgehead atoms. The molecule has 156 valence electrons. The van der Waals surface area contributed by atoms with Crippen LogP contribution in [0, 0.1) is 5.82 Å². The van der Waals surface area contributed by atoms with Gasteiger partial charge in [-0.2, -0.15) is 5.10 Å². The summed E-state index contributed by atoms with van der Waals surface area (Å²) >= 11 is 0. The molecule has 0 saturated heterocycles. The van der Waals surface area contributed by atoms with Crippen LogP contribution in [-0.2, 0) is 4.79 Å². The third kappa shape index (κ3) is 4.45. The molecule has 0 radical (unpaired) electrons. The first-order valence-corrected chi connectivity index (χ1v) is 9.77. The van der Waals surface area contributed by atoms with Crippen molar-refractivity contribution < 1.29 is 13.6 Å². The fraction of sp³-hybridized carbons (Fsp3) is 0.125. The monoisotopic (exact) mass is 416 g/mol. The van der Waals surface area contributed by atoms with E-state index in [-0.39, 0.29) is 17.8 Å². The molecular formula is C24H21FN4O2. The van der Waals surface area contributed by atoms with Gasteiger partial charge >= 0.3 is 0 Å². The van der Waals surface area contributed by atoms with Crippen LogP contribution in [-0.4, -0.2) is 32.6 Å². The first-order chi connectivity index (χ1) is 15.0. The third-order valence-electron chi connectivity index (χ3n) is 5.14. The van der Waals surface area contributed by atoms with Crippen LogP contribution in [0.1, 0.15) is 24.3 Å². The first-order valence-electron chi connectivity index (χ1n) is 9.77. The Balaban J connectivity index is 1.42. The lowest BCUT2D eigenvalue weighted by molar-refractivity contribution is -0.126. The maximum absolute atomic E-state index is 13.9. The minimum atomic E-state index is -0.355. The Bertz CT molecular complexity index is 1200. The highest BCUT2D eigenvalue weighted by atomic mass is 19.1. The SMILES string of the molecule is C[C@H](c1ccc(-n2cncn2)cc1)N(C)C(=O)/C=C/c1ccc(-c2ccccc2F)o1. The van der Waals surface area contributed by atoms with Gasteiger partial charge in [-0.25, -0.2) is 14.1 Å². The van der Waals surface area contributed by atoms with E-state index in [2.05, 4.69) is 10.1 Å². The van der Waals surface area contributed by atoms with Gasteiger partial charge in [0.05, 0.1) is 17.3 Å². The number of halogens is 1. The van der Waals surface area contributed by atoms with Crippen LogP contribution in [0.3, 0.4) is 0 Å². The summed E-state index contributed by atoms with van der Waals surface area (Å²) in [5, 5.41) is 4.11. The molecule has 0 unspecified atom stereocenters. The Morgan fingerprint density at radius 2 is 1.90 bits per heavy atom. The predicted octanol–water partition coefficient (Wildman–Crippen LogP) is 4.90. The van der Waals surface area contributed by atoms with Gasteiger partial charge in [0, 0.05) is 13.1 Å². The molecule has 4 aromatic rings. The third-order valence-corrected chi connectivity index (χ3v) is 5.14. The van der Waals surface area contributed by atoms with Gasteiger partial charge in [0.25, 0.3) is 0 Å². The Morgan fingerprint density at radius 1 is 1.13 bits per heavy atom. The Kier molecular flexibility index (Phi) is 5.75. The van der Waals surface area contributed by atoms with Crippen LogP contribution in [0.15, 0.2) is 83.8 Å². The molecule has 2 heterocycles. The smallest absolute Gasteiger partial charge is 0.246 e. The van der Waals surface area contributed by atoms with Gasteiger partial charge < -0.3 is 9.32 Å². The molecule has 0 aliphatic carbocycles. The Labute approximate surface area is 179 Å². The number of rotatable bonds is 6. The first kappa shape index (κ1) is 20.3. The van der Waals surface area contributed by atoms with Crippen molar-refractivity contribution in [1.29, 1.82) is 0 Å². The normalized spacial score (nSPS) is 12.2. The fourth-order valence-electron chi connectivity index (χ4n) is 3.18. The van der Waals surface area contributed by atoms with Crippen molar-refractivity contribution in [1.82, 2.24) is 19.7 Å². The van der Waals surface area contributed by atoms with E-state index >= 15 is 0 Å². The molecule has 0 aliphatic rings. The molecular weight excluding hydrogens is 395 g/mol. The summed E-state index contributed by atoms with van der Waals surface area (Å²) in [6.07, 6.45) is 6.15. The van der Waals surface area contributed by atoms with E-state index in [0.29, 0.717) is 17.1 Å². The van der Waals surface area contributed by atoms with E-state index in [1.165, 1.54) is 18.5 Å². The fourth-order valence-corrected chi connectivity index (χ4v) is 3.18. The van der Waals surface area contributed by atoms with Gasteiger partial charge in [-0.05, 0) is 55.0 Å². The maximum Gasteiger partial charge on any atom is 0.246 e. The molecule has 0 spiro atoms. The molecule has 2 aromatic carbocycles. The average molecular weight is 416 g/mol. The van der Waals surface area contributed by atoms with Crippen LogP contribution < -0.4 is 0 Å². The number of hydrogen-bond donors (Lipinski definition) is 0. The number of carbonyl (C=O) groups is 1.